The summed E-state index contributed by atoms with van der Waals surface area (Å²) in [6.45, 7) is 9.03. The number of nitrogens with zero attached hydrogens (tertiary/aromatic N) is 1. The lowest BCUT2D eigenvalue weighted by atomic mass is 9.78. The first-order chi connectivity index (χ1) is 11.4. The van der Waals surface area contributed by atoms with E-state index in [2.05, 4.69) is 33.8 Å². The molecule has 24 heavy (non-hydrogen) atoms. The molecule has 0 heterocycles. The number of halogens is 1. The third kappa shape index (κ3) is 4.18. The Bertz CT molecular complexity index is 696. The quantitative estimate of drug-likeness (QED) is 0.521. The predicted octanol–water partition coefficient (Wildman–Crippen LogP) is 6.56. The highest BCUT2D eigenvalue weighted by molar-refractivity contribution is 6.33. The highest BCUT2D eigenvalue weighted by atomic mass is 35.5. The van der Waals surface area contributed by atoms with E-state index in [9.17, 15) is 4.79 Å². The molecule has 1 unspecified atom stereocenters. The van der Waals surface area contributed by atoms with Crippen LogP contribution in [0.2, 0.25) is 5.02 Å². The Morgan fingerprint density at radius 2 is 1.67 bits per heavy atom. The normalized spacial score (nSPS) is 12.7. The predicted molar refractivity (Wildman–Crippen MR) is 103 cm³/mol. The summed E-state index contributed by atoms with van der Waals surface area (Å²) >= 11 is 6.31. The van der Waals surface area contributed by atoms with E-state index in [0.717, 1.165) is 24.9 Å². The van der Waals surface area contributed by atoms with Crippen molar-refractivity contribution in [3.8, 4) is 0 Å². The van der Waals surface area contributed by atoms with Gasteiger partial charge in [-0.25, -0.2) is 0 Å². The topological polar surface area (TPSA) is 20.3 Å². The zero-order valence-electron chi connectivity index (χ0n) is 14.9. The Hall–Kier alpha value is -1.80. The van der Waals surface area contributed by atoms with Gasteiger partial charge in [0, 0.05) is 0 Å². The molecule has 0 radical (unpaired) electrons. The van der Waals surface area contributed by atoms with Crippen molar-refractivity contribution in [1.29, 1.82) is 0 Å². The fourth-order valence-corrected chi connectivity index (χ4v) is 3.32. The molecule has 2 aromatic carbocycles. The summed E-state index contributed by atoms with van der Waals surface area (Å²) in [6, 6.07) is 15.5. The first-order valence-corrected chi connectivity index (χ1v) is 8.85. The fourth-order valence-electron chi connectivity index (χ4n) is 3.10. The van der Waals surface area contributed by atoms with Gasteiger partial charge in [0.1, 0.15) is 0 Å². The van der Waals surface area contributed by atoms with Crippen molar-refractivity contribution in [3.63, 3.8) is 0 Å². The molecule has 0 saturated heterocycles. The summed E-state index contributed by atoms with van der Waals surface area (Å²) in [5.41, 5.74) is 3.05. The second kappa shape index (κ2) is 7.85. The van der Waals surface area contributed by atoms with Gasteiger partial charge < -0.3 is 0 Å². The Kier molecular flexibility index (Phi) is 6.06. The van der Waals surface area contributed by atoms with Gasteiger partial charge in [-0.05, 0) is 41.5 Å². The summed E-state index contributed by atoms with van der Waals surface area (Å²) in [7, 11) is 0. The molecular weight excluding hydrogens is 318 g/mol. The Labute approximate surface area is 150 Å². The summed E-state index contributed by atoms with van der Waals surface area (Å²) < 4.78 is 0. The first kappa shape index (κ1) is 18.5. The van der Waals surface area contributed by atoms with Crippen molar-refractivity contribution in [3.05, 3.63) is 59.1 Å². The van der Waals surface area contributed by atoms with Crippen LogP contribution in [0.4, 0.5) is 11.4 Å². The lowest BCUT2D eigenvalue weighted by Crippen LogP contribution is -2.19. The van der Waals surface area contributed by atoms with Gasteiger partial charge in [-0.2, -0.15) is 0 Å². The number of rotatable bonds is 7. The molecule has 2 aromatic rings. The summed E-state index contributed by atoms with van der Waals surface area (Å²) in [4.78, 5) is 13.5. The number of amides is 1. The molecule has 3 heteroatoms. The molecule has 0 spiro atoms. The van der Waals surface area contributed by atoms with E-state index in [1.54, 1.807) is 11.0 Å². The van der Waals surface area contributed by atoms with Crippen LogP contribution in [0.5, 0.6) is 0 Å². The lowest BCUT2D eigenvalue weighted by Gasteiger charge is -2.30. The molecule has 0 N–H and O–H groups in total. The van der Waals surface area contributed by atoms with E-state index >= 15 is 0 Å². The minimum absolute atomic E-state index is 0.267. The van der Waals surface area contributed by atoms with Crippen molar-refractivity contribution >= 4 is 29.4 Å². The molecule has 2 rings (SSSR count). The van der Waals surface area contributed by atoms with Crippen LogP contribution < -0.4 is 4.90 Å². The maximum absolute atomic E-state index is 11.8. The van der Waals surface area contributed by atoms with Crippen molar-refractivity contribution in [1.82, 2.24) is 0 Å². The van der Waals surface area contributed by atoms with Gasteiger partial charge in [0.2, 0.25) is 6.41 Å². The van der Waals surface area contributed by atoms with Crippen molar-refractivity contribution in [2.45, 2.75) is 46.5 Å². The monoisotopic (exact) mass is 343 g/mol. The van der Waals surface area contributed by atoms with Crippen LogP contribution in [0, 0.1) is 5.41 Å². The van der Waals surface area contributed by atoms with E-state index in [1.165, 1.54) is 5.56 Å². The lowest BCUT2D eigenvalue weighted by molar-refractivity contribution is -0.106. The van der Waals surface area contributed by atoms with Crippen molar-refractivity contribution in [2.24, 2.45) is 5.41 Å². The van der Waals surface area contributed by atoms with E-state index in [4.69, 9.17) is 11.6 Å². The Morgan fingerprint density at radius 1 is 1.08 bits per heavy atom. The summed E-state index contributed by atoms with van der Waals surface area (Å²) in [5.74, 6) is 0.348. The van der Waals surface area contributed by atoms with Gasteiger partial charge in [0.05, 0.1) is 16.4 Å². The van der Waals surface area contributed by atoms with Crippen molar-refractivity contribution < 1.29 is 4.79 Å². The zero-order chi connectivity index (χ0) is 17.7. The molecule has 2 nitrogen and oxygen atoms in total. The fraction of sp³-hybridized carbons (Fsp3) is 0.381. The first-order valence-electron chi connectivity index (χ1n) is 8.47. The van der Waals surface area contributed by atoms with E-state index in [1.807, 2.05) is 36.4 Å². The highest BCUT2D eigenvalue weighted by Crippen LogP contribution is 2.40. The number of anilines is 2. The van der Waals surface area contributed by atoms with Crippen LogP contribution in [0.3, 0.4) is 0 Å². The minimum Gasteiger partial charge on any atom is -0.282 e. The maximum atomic E-state index is 11.8. The number of carbonyl (C=O) groups is 1. The average molecular weight is 344 g/mol. The standard InChI is InChI=1S/C21H26ClNO/c1-5-21(3,4)14-16(2)17-10-6-8-12-19(17)23(15-24)20-13-9-7-11-18(20)22/h6-13,15-16H,5,14H2,1-4H3. The Balaban J connectivity index is 2.44. The molecule has 1 amide bonds. The Morgan fingerprint density at radius 3 is 2.25 bits per heavy atom. The van der Waals surface area contributed by atoms with Gasteiger partial charge in [0.25, 0.3) is 0 Å². The third-order valence-corrected chi connectivity index (χ3v) is 5.08. The van der Waals surface area contributed by atoms with E-state index in [0.29, 0.717) is 16.6 Å². The molecule has 0 fully saturated rings. The molecule has 0 aromatic heterocycles. The number of hydrogen-bond donors (Lipinski definition) is 0. The van der Waals surface area contributed by atoms with Gasteiger partial charge in [-0.3, -0.25) is 9.69 Å². The van der Waals surface area contributed by atoms with Gasteiger partial charge in [0.15, 0.2) is 0 Å². The second-order valence-corrected chi connectivity index (χ2v) is 7.52. The molecule has 128 valence electrons. The summed E-state index contributed by atoms with van der Waals surface area (Å²) in [6.07, 6.45) is 3.04. The number of carbonyl (C=O) groups excluding carboxylic acids is 1. The highest BCUT2D eigenvalue weighted by Gasteiger charge is 2.23. The van der Waals surface area contributed by atoms with Crippen LogP contribution >= 0.6 is 11.6 Å². The smallest absolute Gasteiger partial charge is 0.218 e. The third-order valence-electron chi connectivity index (χ3n) is 4.76. The second-order valence-electron chi connectivity index (χ2n) is 7.11. The largest absolute Gasteiger partial charge is 0.282 e. The number of para-hydroxylation sites is 2. The number of benzene rings is 2. The van der Waals surface area contributed by atoms with Crippen LogP contribution in [-0.4, -0.2) is 6.41 Å². The molecule has 0 bridgehead atoms. The van der Waals surface area contributed by atoms with Crippen molar-refractivity contribution in [2.75, 3.05) is 4.90 Å². The molecule has 0 saturated carbocycles. The van der Waals surface area contributed by atoms with Crippen LogP contribution in [-0.2, 0) is 4.79 Å². The van der Waals surface area contributed by atoms with Crippen LogP contribution in [0.1, 0.15) is 52.0 Å². The van der Waals surface area contributed by atoms with Crippen LogP contribution in [0.25, 0.3) is 0 Å². The summed E-state index contributed by atoms with van der Waals surface area (Å²) in [5, 5.41) is 0.570. The average Bonchev–Trinajstić information content (AvgIpc) is 2.57. The molecular formula is C21H26ClNO. The van der Waals surface area contributed by atoms with Gasteiger partial charge in [-0.15, -0.1) is 0 Å². The maximum Gasteiger partial charge on any atom is 0.218 e. The molecule has 0 aliphatic rings. The SMILES string of the molecule is CCC(C)(C)CC(C)c1ccccc1N(C=O)c1ccccc1Cl. The molecule has 1 atom stereocenters. The zero-order valence-corrected chi connectivity index (χ0v) is 15.7. The van der Waals surface area contributed by atoms with Gasteiger partial charge in [-0.1, -0.05) is 76.0 Å². The molecule has 0 aliphatic heterocycles. The van der Waals surface area contributed by atoms with Crippen LogP contribution in [0.15, 0.2) is 48.5 Å². The molecule has 0 aliphatic carbocycles. The number of hydrogen-bond acceptors (Lipinski definition) is 1. The van der Waals surface area contributed by atoms with Gasteiger partial charge >= 0.3 is 0 Å². The van der Waals surface area contributed by atoms with E-state index in [-0.39, 0.29) is 5.41 Å². The van der Waals surface area contributed by atoms with E-state index < -0.39 is 0 Å². The minimum atomic E-state index is 0.267.